The maximum Gasteiger partial charge on any atom is 0.181 e. The lowest BCUT2D eigenvalue weighted by atomic mass is 10.1. The Labute approximate surface area is 192 Å². The molecule has 0 bridgehead atoms. The number of rotatable bonds is 7. The molecule has 10 heteroatoms. The zero-order valence-corrected chi connectivity index (χ0v) is 18.9. The van der Waals surface area contributed by atoms with E-state index in [9.17, 15) is 0 Å². The van der Waals surface area contributed by atoms with E-state index in [4.69, 9.17) is 30.3 Å². The van der Waals surface area contributed by atoms with Gasteiger partial charge in [0.1, 0.15) is 11.3 Å². The van der Waals surface area contributed by atoms with Crippen LogP contribution in [-0.4, -0.2) is 69.3 Å². The number of anilines is 1. The zero-order valence-electron chi connectivity index (χ0n) is 18.9. The van der Waals surface area contributed by atoms with E-state index >= 15 is 0 Å². The summed E-state index contributed by atoms with van der Waals surface area (Å²) < 4.78 is 14.6. The molecule has 0 spiro atoms. The van der Waals surface area contributed by atoms with E-state index in [0.29, 0.717) is 43.8 Å². The lowest BCUT2D eigenvalue weighted by Crippen LogP contribution is -2.36. The molecule has 1 fully saturated rings. The number of nitrogens with zero attached hydrogens (tertiary/aromatic N) is 7. The summed E-state index contributed by atoms with van der Waals surface area (Å²) in [5.41, 5.74) is 10.8. The van der Waals surface area contributed by atoms with Crippen LogP contribution in [0.2, 0.25) is 0 Å². The monoisotopic (exact) mass is 448 g/mol. The minimum absolute atomic E-state index is 0.244. The Hall–Kier alpha value is -3.34. The van der Waals surface area contributed by atoms with E-state index in [-0.39, 0.29) is 6.54 Å². The van der Waals surface area contributed by atoms with Crippen molar-refractivity contribution in [2.45, 2.75) is 20.0 Å². The largest absolute Gasteiger partial charge is 0.383 e. The molecule has 4 heterocycles. The first-order chi connectivity index (χ1) is 16.2. The predicted molar refractivity (Wildman–Crippen MR) is 125 cm³/mol. The number of aromatic nitrogens is 6. The van der Waals surface area contributed by atoms with Gasteiger partial charge in [0, 0.05) is 38.4 Å². The number of hydrogen-bond acceptors (Lipinski definition) is 8. The van der Waals surface area contributed by atoms with Gasteiger partial charge in [0.05, 0.1) is 38.4 Å². The van der Waals surface area contributed by atoms with Crippen LogP contribution in [-0.2, 0) is 22.6 Å². The fourth-order valence-electron chi connectivity index (χ4n) is 4.08. The van der Waals surface area contributed by atoms with Crippen LogP contribution >= 0.6 is 0 Å². The Balaban J connectivity index is 1.65. The second kappa shape index (κ2) is 9.26. The highest BCUT2D eigenvalue weighted by molar-refractivity contribution is 5.87. The highest BCUT2D eigenvalue weighted by atomic mass is 16.5. The molecule has 1 aliphatic rings. The average Bonchev–Trinajstić information content (AvgIpc) is 3.47. The van der Waals surface area contributed by atoms with Gasteiger partial charge >= 0.3 is 0 Å². The molecule has 4 aromatic rings. The Morgan fingerprint density at radius 1 is 1.15 bits per heavy atom. The number of imidazole rings is 1. The van der Waals surface area contributed by atoms with Gasteiger partial charge in [-0.1, -0.05) is 23.8 Å². The smallest absolute Gasteiger partial charge is 0.181 e. The summed E-state index contributed by atoms with van der Waals surface area (Å²) in [6.45, 7) is 6.46. The molecule has 33 heavy (non-hydrogen) atoms. The number of methoxy groups -OCH3 is 1. The first-order valence-electron chi connectivity index (χ1n) is 11.1. The Morgan fingerprint density at radius 2 is 2.00 bits per heavy atom. The third kappa shape index (κ3) is 4.20. The van der Waals surface area contributed by atoms with Gasteiger partial charge in [-0.3, -0.25) is 0 Å². The van der Waals surface area contributed by atoms with Gasteiger partial charge in [-0.05, 0) is 13.0 Å². The number of nitrogens with two attached hydrogens (primary N) is 1. The molecule has 0 saturated carbocycles. The standard InChI is InChI=1S/C23H28N8O2/c1-16-4-3-5-17(12-16)22-26-20(14-24)31(28-22)19-13-18(29-7-10-33-11-8-29)21-23(27-19)30(15-25-21)6-9-32-2/h3-5,12-13,15H,6-11,14,24H2,1-2H3. The van der Waals surface area contributed by atoms with Crippen molar-refractivity contribution in [1.29, 1.82) is 0 Å². The molecule has 172 valence electrons. The summed E-state index contributed by atoms with van der Waals surface area (Å²) in [6.07, 6.45) is 1.81. The molecular formula is C23H28N8O2. The molecule has 0 aliphatic carbocycles. The van der Waals surface area contributed by atoms with Gasteiger partial charge in [-0.2, -0.15) is 4.68 Å². The van der Waals surface area contributed by atoms with E-state index < -0.39 is 0 Å². The summed E-state index contributed by atoms with van der Waals surface area (Å²) in [6, 6.07) is 10.1. The van der Waals surface area contributed by atoms with E-state index in [1.54, 1.807) is 11.8 Å². The van der Waals surface area contributed by atoms with Crippen molar-refractivity contribution < 1.29 is 9.47 Å². The molecule has 10 nitrogen and oxygen atoms in total. The van der Waals surface area contributed by atoms with Crippen molar-refractivity contribution in [1.82, 2.24) is 29.3 Å². The Bertz CT molecular complexity index is 1260. The van der Waals surface area contributed by atoms with Crippen molar-refractivity contribution in [3.63, 3.8) is 0 Å². The van der Waals surface area contributed by atoms with Crippen molar-refractivity contribution in [3.05, 3.63) is 48.0 Å². The quantitative estimate of drug-likeness (QED) is 0.457. The average molecular weight is 449 g/mol. The van der Waals surface area contributed by atoms with Crippen molar-refractivity contribution in [2.24, 2.45) is 5.73 Å². The van der Waals surface area contributed by atoms with Gasteiger partial charge in [0.2, 0.25) is 0 Å². The highest BCUT2D eigenvalue weighted by Crippen LogP contribution is 2.29. The first-order valence-corrected chi connectivity index (χ1v) is 11.1. The topological polar surface area (TPSA) is 109 Å². The molecule has 5 rings (SSSR count). The molecule has 0 unspecified atom stereocenters. The van der Waals surface area contributed by atoms with E-state index in [1.807, 2.05) is 29.1 Å². The van der Waals surface area contributed by atoms with E-state index in [2.05, 4.69) is 28.9 Å². The summed E-state index contributed by atoms with van der Waals surface area (Å²) >= 11 is 0. The number of hydrogen-bond donors (Lipinski definition) is 1. The summed E-state index contributed by atoms with van der Waals surface area (Å²) in [4.78, 5) is 16.6. The second-order valence-corrected chi connectivity index (χ2v) is 8.04. The van der Waals surface area contributed by atoms with Crippen LogP contribution in [0.5, 0.6) is 0 Å². The molecule has 1 aliphatic heterocycles. The van der Waals surface area contributed by atoms with Gasteiger partial charge < -0.3 is 24.7 Å². The Kier molecular flexibility index (Phi) is 6.03. The SMILES string of the molecule is COCCn1cnc2c(N3CCOCC3)cc(-n3nc(-c4cccc(C)c4)nc3CN)nc21. The Morgan fingerprint density at radius 3 is 2.76 bits per heavy atom. The third-order valence-electron chi connectivity index (χ3n) is 5.78. The molecule has 2 N–H and O–H groups in total. The first kappa shape index (κ1) is 21.5. The van der Waals surface area contributed by atoms with Crippen LogP contribution < -0.4 is 10.6 Å². The van der Waals surface area contributed by atoms with Crippen molar-refractivity contribution in [2.75, 3.05) is 44.9 Å². The number of pyridine rings is 1. The van der Waals surface area contributed by atoms with Gasteiger partial charge in [0.25, 0.3) is 0 Å². The summed E-state index contributed by atoms with van der Waals surface area (Å²) in [5, 5.41) is 4.80. The van der Waals surface area contributed by atoms with Crippen LogP contribution in [0.1, 0.15) is 11.4 Å². The number of fused-ring (bicyclic) bond motifs is 1. The number of morpholine rings is 1. The molecule has 1 aromatic carbocycles. The highest BCUT2D eigenvalue weighted by Gasteiger charge is 2.21. The molecule has 3 aromatic heterocycles. The van der Waals surface area contributed by atoms with Crippen molar-refractivity contribution >= 4 is 16.9 Å². The third-order valence-corrected chi connectivity index (χ3v) is 5.78. The molecule has 0 amide bonds. The van der Waals surface area contributed by atoms with Gasteiger partial charge in [-0.15, -0.1) is 5.10 Å². The number of aryl methyl sites for hydroxylation is 1. The summed E-state index contributed by atoms with van der Waals surface area (Å²) in [5.74, 6) is 1.94. The van der Waals surface area contributed by atoms with E-state index in [0.717, 1.165) is 41.1 Å². The second-order valence-electron chi connectivity index (χ2n) is 8.04. The van der Waals surface area contributed by atoms with Crippen LogP contribution in [0.4, 0.5) is 5.69 Å². The number of benzene rings is 1. The summed E-state index contributed by atoms with van der Waals surface area (Å²) in [7, 11) is 1.69. The minimum atomic E-state index is 0.244. The molecule has 1 saturated heterocycles. The fourth-order valence-corrected chi connectivity index (χ4v) is 4.08. The van der Waals surface area contributed by atoms with Crippen LogP contribution in [0, 0.1) is 6.92 Å². The molecule has 0 atom stereocenters. The predicted octanol–water partition coefficient (Wildman–Crippen LogP) is 1.93. The van der Waals surface area contributed by atoms with Gasteiger partial charge in [-0.25, -0.2) is 15.0 Å². The lowest BCUT2D eigenvalue weighted by molar-refractivity contribution is 0.123. The molecular weight excluding hydrogens is 420 g/mol. The molecule has 0 radical (unpaired) electrons. The van der Waals surface area contributed by atoms with Crippen LogP contribution in [0.15, 0.2) is 36.7 Å². The van der Waals surface area contributed by atoms with Crippen molar-refractivity contribution in [3.8, 4) is 17.2 Å². The van der Waals surface area contributed by atoms with Gasteiger partial charge in [0.15, 0.2) is 17.3 Å². The fraction of sp³-hybridized carbons (Fsp3) is 0.391. The lowest BCUT2D eigenvalue weighted by Gasteiger charge is -2.29. The normalized spacial score (nSPS) is 14.3. The maximum absolute atomic E-state index is 6.07. The van der Waals surface area contributed by atoms with Crippen LogP contribution in [0.3, 0.4) is 0 Å². The number of ether oxygens (including phenoxy) is 2. The van der Waals surface area contributed by atoms with Crippen LogP contribution in [0.25, 0.3) is 28.4 Å². The zero-order chi connectivity index (χ0) is 22.8. The van der Waals surface area contributed by atoms with E-state index in [1.165, 1.54) is 0 Å². The maximum atomic E-state index is 6.07. The minimum Gasteiger partial charge on any atom is -0.383 e.